The van der Waals surface area contributed by atoms with Crippen molar-refractivity contribution in [1.29, 1.82) is 0 Å². The highest BCUT2D eigenvalue weighted by molar-refractivity contribution is 6.20. The lowest BCUT2D eigenvalue weighted by molar-refractivity contribution is 0.856. The molecule has 0 amide bonds. The first-order valence-corrected chi connectivity index (χ1v) is 3.55. The second-order valence-electron chi connectivity index (χ2n) is 2.00. The molecule has 1 heterocycles. The summed E-state index contributed by atoms with van der Waals surface area (Å²) in [5.41, 5.74) is 1.11. The highest BCUT2D eigenvalue weighted by Crippen LogP contribution is 2.20. The zero-order valence-electron chi connectivity index (χ0n) is 5.39. The summed E-state index contributed by atoms with van der Waals surface area (Å²) in [6.07, 6.45) is 2.86. The Morgan fingerprint density at radius 3 is 3.00 bits per heavy atom. The SMILES string of the molecule is CCC(Cl)c1ccc[nH]1. The van der Waals surface area contributed by atoms with Gasteiger partial charge in [-0.2, -0.15) is 0 Å². The molecule has 0 spiro atoms. The maximum atomic E-state index is 5.90. The monoisotopic (exact) mass is 143 g/mol. The fourth-order valence-corrected chi connectivity index (χ4v) is 0.895. The second kappa shape index (κ2) is 2.92. The number of halogens is 1. The van der Waals surface area contributed by atoms with Gasteiger partial charge >= 0.3 is 0 Å². The van der Waals surface area contributed by atoms with E-state index in [4.69, 9.17) is 11.6 Å². The molecule has 1 rings (SSSR count). The van der Waals surface area contributed by atoms with Crippen LogP contribution in [-0.2, 0) is 0 Å². The molecule has 1 N–H and O–H groups in total. The number of aromatic nitrogens is 1. The van der Waals surface area contributed by atoms with Crippen molar-refractivity contribution >= 4 is 11.6 Å². The largest absolute Gasteiger partial charge is 0.364 e. The molecule has 0 aliphatic rings. The minimum atomic E-state index is 0.153. The maximum Gasteiger partial charge on any atom is 0.0732 e. The fraction of sp³-hybridized carbons (Fsp3) is 0.429. The molecule has 50 valence electrons. The van der Waals surface area contributed by atoms with Crippen molar-refractivity contribution < 1.29 is 0 Å². The Hall–Kier alpha value is -0.430. The standard InChI is InChI=1S/C7H10ClN/c1-2-6(8)7-4-3-5-9-7/h3-6,9H,2H2,1H3. The Morgan fingerprint density at radius 2 is 2.56 bits per heavy atom. The molecule has 0 aliphatic carbocycles. The van der Waals surface area contributed by atoms with Crippen LogP contribution in [0.25, 0.3) is 0 Å². The highest BCUT2D eigenvalue weighted by Gasteiger charge is 2.02. The number of nitrogens with one attached hydrogen (secondary N) is 1. The van der Waals surface area contributed by atoms with Gasteiger partial charge in [-0.3, -0.25) is 0 Å². The van der Waals surface area contributed by atoms with Crippen LogP contribution < -0.4 is 0 Å². The summed E-state index contributed by atoms with van der Waals surface area (Å²) < 4.78 is 0. The van der Waals surface area contributed by atoms with Crippen molar-refractivity contribution in [3.63, 3.8) is 0 Å². The van der Waals surface area contributed by atoms with E-state index in [1.807, 2.05) is 18.3 Å². The van der Waals surface area contributed by atoms with Crippen molar-refractivity contribution in [1.82, 2.24) is 4.98 Å². The smallest absolute Gasteiger partial charge is 0.0732 e. The molecule has 1 atom stereocenters. The zero-order chi connectivity index (χ0) is 6.69. The molecule has 0 saturated heterocycles. The molecule has 9 heavy (non-hydrogen) atoms. The van der Waals surface area contributed by atoms with Crippen LogP contribution in [-0.4, -0.2) is 4.98 Å². The van der Waals surface area contributed by atoms with Gasteiger partial charge in [-0.15, -0.1) is 11.6 Å². The zero-order valence-corrected chi connectivity index (χ0v) is 6.15. The predicted molar refractivity (Wildman–Crippen MR) is 39.7 cm³/mol. The molecule has 0 fully saturated rings. The van der Waals surface area contributed by atoms with Crippen molar-refractivity contribution in [2.75, 3.05) is 0 Å². The number of rotatable bonds is 2. The molecular weight excluding hydrogens is 134 g/mol. The van der Waals surface area contributed by atoms with Gasteiger partial charge < -0.3 is 4.98 Å². The summed E-state index contributed by atoms with van der Waals surface area (Å²) in [5, 5.41) is 0.153. The molecule has 1 aromatic rings. The first kappa shape index (κ1) is 6.69. The van der Waals surface area contributed by atoms with E-state index in [1.54, 1.807) is 0 Å². The Bertz CT molecular complexity index is 157. The molecule has 0 radical (unpaired) electrons. The molecule has 0 aliphatic heterocycles. The van der Waals surface area contributed by atoms with Crippen molar-refractivity contribution in [2.24, 2.45) is 0 Å². The van der Waals surface area contributed by atoms with Crippen LogP contribution >= 0.6 is 11.6 Å². The Morgan fingerprint density at radius 1 is 1.78 bits per heavy atom. The Balaban J connectivity index is 2.65. The Labute approximate surface area is 60.0 Å². The van der Waals surface area contributed by atoms with E-state index in [2.05, 4.69) is 11.9 Å². The summed E-state index contributed by atoms with van der Waals surface area (Å²) in [6.45, 7) is 2.07. The van der Waals surface area contributed by atoms with E-state index in [-0.39, 0.29) is 5.38 Å². The number of H-pyrrole nitrogens is 1. The first-order valence-electron chi connectivity index (χ1n) is 3.12. The minimum Gasteiger partial charge on any atom is -0.364 e. The lowest BCUT2D eigenvalue weighted by atomic mass is 10.2. The average molecular weight is 144 g/mol. The van der Waals surface area contributed by atoms with Gasteiger partial charge in [0.05, 0.1) is 5.38 Å². The van der Waals surface area contributed by atoms with Gasteiger partial charge in [0, 0.05) is 11.9 Å². The van der Waals surface area contributed by atoms with Crippen LogP contribution in [0.15, 0.2) is 18.3 Å². The van der Waals surface area contributed by atoms with Crippen molar-refractivity contribution in [3.8, 4) is 0 Å². The third-order valence-electron chi connectivity index (χ3n) is 1.32. The van der Waals surface area contributed by atoms with E-state index in [1.165, 1.54) is 0 Å². The van der Waals surface area contributed by atoms with E-state index in [9.17, 15) is 0 Å². The molecule has 0 aromatic carbocycles. The quantitative estimate of drug-likeness (QED) is 0.613. The van der Waals surface area contributed by atoms with E-state index in [0.717, 1.165) is 12.1 Å². The third-order valence-corrected chi connectivity index (χ3v) is 1.86. The number of hydrogen-bond acceptors (Lipinski definition) is 0. The van der Waals surface area contributed by atoms with Crippen LogP contribution in [0, 0.1) is 0 Å². The molecule has 1 nitrogen and oxygen atoms in total. The minimum absolute atomic E-state index is 0.153. The van der Waals surface area contributed by atoms with E-state index in [0.29, 0.717) is 0 Å². The fourth-order valence-electron chi connectivity index (χ4n) is 0.759. The summed E-state index contributed by atoms with van der Waals surface area (Å²) in [6, 6.07) is 3.96. The summed E-state index contributed by atoms with van der Waals surface area (Å²) >= 11 is 5.90. The first-order chi connectivity index (χ1) is 4.34. The van der Waals surface area contributed by atoms with E-state index < -0.39 is 0 Å². The van der Waals surface area contributed by atoms with Crippen LogP contribution in [0.1, 0.15) is 24.4 Å². The molecule has 1 aromatic heterocycles. The molecular formula is C7H10ClN. The average Bonchev–Trinajstić information content (AvgIpc) is 2.37. The van der Waals surface area contributed by atoms with Crippen molar-refractivity contribution in [2.45, 2.75) is 18.7 Å². The van der Waals surface area contributed by atoms with Crippen molar-refractivity contribution in [3.05, 3.63) is 24.0 Å². The van der Waals surface area contributed by atoms with Gasteiger partial charge in [0.2, 0.25) is 0 Å². The van der Waals surface area contributed by atoms with Crippen LogP contribution in [0.4, 0.5) is 0 Å². The third kappa shape index (κ3) is 1.49. The molecule has 2 heteroatoms. The number of alkyl halides is 1. The van der Waals surface area contributed by atoms with Gasteiger partial charge in [-0.05, 0) is 18.6 Å². The van der Waals surface area contributed by atoms with Gasteiger partial charge in [-0.1, -0.05) is 6.92 Å². The molecule has 0 saturated carbocycles. The van der Waals surface area contributed by atoms with Gasteiger partial charge in [0.1, 0.15) is 0 Å². The summed E-state index contributed by atoms with van der Waals surface area (Å²) in [4.78, 5) is 3.06. The normalized spacial score (nSPS) is 13.6. The van der Waals surface area contributed by atoms with Gasteiger partial charge in [-0.25, -0.2) is 0 Å². The summed E-state index contributed by atoms with van der Waals surface area (Å²) in [7, 11) is 0. The number of aromatic amines is 1. The molecule has 0 bridgehead atoms. The second-order valence-corrected chi connectivity index (χ2v) is 2.53. The number of hydrogen-bond donors (Lipinski definition) is 1. The van der Waals surface area contributed by atoms with Gasteiger partial charge in [0.15, 0.2) is 0 Å². The maximum absolute atomic E-state index is 5.90. The summed E-state index contributed by atoms with van der Waals surface area (Å²) in [5.74, 6) is 0. The predicted octanol–water partition coefficient (Wildman–Crippen LogP) is 2.70. The lowest BCUT2D eigenvalue weighted by Gasteiger charge is -2.00. The topological polar surface area (TPSA) is 15.8 Å². The Kier molecular flexibility index (Phi) is 2.17. The van der Waals surface area contributed by atoms with Gasteiger partial charge in [0.25, 0.3) is 0 Å². The van der Waals surface area contributed by atoms with E-state index >= 15 is 0 Å². The van der Waals surface area contributed by atoms with Crippen LogP contribution in [0.2, 0.25) is 0 Å². The van der Waals surface area contributed by atoms with Crippen LogP contribution in [0.3, 0.4) is 0 Å². The molecule has 1 unspecified atom stereocenters. The lowest BCUT2D eigenvalue weighted by Crippen LogP contribution is -1.85. The highest BCUT2D eigenvalue weighted by atomic mass is 35.5. The van der Waals surface area contributed by atoms with Crippen LogP contribution in [0.5, 0.6) is 0 Å².